The van der Waals surface area contributed by atoms with E-state index in [1.165, 1.54) is 0 Å². The van der Waals surface area contributed by atoms with Crippen LogP contribution in [0.2, 0.25) is 0 Å². The minimum absolute atomic E-state index is 0.0652. The van der Waals surface area contributed by atoms with Crippen LogP contribution in [-0.4, -0.2) is 29.3 Å². The van der Waals surface area contributed by atoms with Gasteiger partial charge in [-0.3, -0.25) is 0 Å². The second kappa shape index (κ2) is 5.41. The van der Waals surface area contributed by atoms with Crippen LogP contribution in [0.1, 0.15) is 16.8 Å². The highest BCUT2D eigenvalue weighted by Crippen LogP contribution is 2.20. The van der Waals surface area contributed by atoms with Gasteiger partial charge in [0.1, 0.15) is 0 Å². The van der Waals surface area contributed by atoms with Gasteiger partial charge >= 0.3 is 5.97 Å². The average molecular weight is 231 g/mol. The van der Waals surface area contributed by atoms with E-state index in [0.29, 0.717) is 6.42 Å². The van der Waals surface area contributed by atoms with Gasteiger partial charge in [0.05, 0.1) is 11.3 Å². The zero-order chi connectivity index (χ0) is 12.1. The highest BCUT2D eigenvalue weighted by molar-refractivity contribution is 5.88. The summed E-state index contributed by atoms with van der Waals surface area (Å²) in [5.41, 5.74) is -0.818. The maximum Gasteiger partial charge on any atom is 0.338 e. The number of aliphatic hydroxyl groups excluding tert-OH is 1. The Morgan fingerprint density at radius 1 is 1.31 bits per heavy atom. The summed E-state index contributed by atoms with van der Waals surface area (Å²) in [6.07, 6.45) is 0.391. The fourth-order valence-corrected chi connectivity index (χ4v) is 1.15. The van der Waals surface area contributed by atoms with Crippen LogP contribution in [0.3, 0.4) is 0 Å². The predicted octanol–water partition coefficient (Wildman–Crippen LogP) is 1.46. The number of hydrogen-bond donors (Lipinski definition) is 3. The SMILES string of the molecule is O=C(O)c1ccc(NCCCO)c(F)c1F. The Morgan fingerprint density at radius 3 is 2.56 bits per heavy atom. The van der Waals surface area contributed by atoms with E-state index in [1.807, 2.05) is 0 Å². The lowest BCUT2D eigenvalue weighted by Crippen LogP contribution is -2.09. The number of aromatic carboxylic acids is 1. The number of nitrogens with one attached hydrogen (secondary N) is 1. The molecule has 0 saturated heterocycles. The van der Waals surface area contributed by atoms with E-state index >= 15 is 0 Å². The Morgan fingerprint density at radius 2 is 2.00 bits per heavy atom. The third-order valence-corrected chi connectivity index (χ3v) is 1.96. The van der Waals surface area contributed by atoms with Gasteiger partial charge in [-0.2, -0.15) is 0 Å². The minimum atomic E-state index is -1.52. The summed E-state index contributed by atoms with van der Waals surface area (Å²) in [5.74, 6) is -4.13. The van der Waals surface area contributed by atoms with Crippen molar-refractivity contribution in [1.29, 1.82) is 0 Å². The fraction of sp³-hybridized carbons (Fsp3) is 0.300. The van der Waals surface area contributed by atoms with Crippen molar-refractivity contribution in [2.45, 2.75) is 6.42 Å². The van der Waals surface area contributed by atoms with Gasteiger partial charge in [0.15, 0.2) is 11.6 Å². The number of halogens is 2. The summed E-state index contributed by atoms with van der Waals surface area (Å²) < 4.78 is 26.5. The molecule has 0 amide bonds. The van der Waals surface area contributed by atoms with Crippen molar-refractivity contribution in [1.82, 2.24) is 0 Å². The number of anilines is 1. The van der Waals surface area contributed by atoms with Gasteiger partial charge in [-0.25, -0.2) is 13.6 Å². The monoisotopic (exact) mass is 231 g/mol. The first-order valence-corrected chi connectivity index (χ1v) is 4.64. The first-order valence-electron chi connectivity index (χ1n) is 4.64. The fourth-order valence-electron chi connectivity index (χ4n) is 1.15. The van der Waals surface area contributed by atoms with Crippen molar-refractivity contribution < 1.29 is 23.8 Å². The van der Waals surface area contributed by atoms with Crippen molar-refractivity contribution in [3.8, 4) is 0 Å². The predicted molar refractivity (Wildman–Crippen MR) is 53.5 cm³/mol. The normalized spacial score (nSPS) is 10.2. The lowest BCUT2D eigenvalue weighted by atomic mass is 10.2. The van der Waals surface area contributed by atoms with Crippen LogP contribution in [0.15, 0.2) is 12.1 Å². The van der Waals surface area contributed by atoms with Crippen LogP contribution in [0.25, 0.3) is 0 Å². The first-order chi connectivity index (χ1) is 7.57. The molecule has 0 radical (unpaired) electrons. The summed E-state index contributed by atoms with van der Waals surface area (Å²) in [6.45, 7) is 0.212. The van der Waals surface area contributed by atoms with Gasteiger partial charge in [0, 0.05) is 13.2 Å². The average Bonchev–Trinajstić information content (AvgIpc) is 2.24. The number of benzene rings is 1. The van der Waals surface area contributed by atoms with E-state index in [2.05, 4.69) is 5.32 Å². The van der Waals surface area contributed by atoms with E-state index < -0.39 is 23.2 Å². The van der Waals surface area contributed by atoms with Gasteiger partial charge in [-0.05, 0) is 18.6 Å². The third kappa shape index (κ3) is 2.66. The molecule has 4 nitrogen and oxygen atoms in total. The quantitative estimate of drug-likeness (QED) is 0.671. The zero-order valence-corrected chi connectivity index (χ0v) is 8.33. The van der Waals surface area contributed by atoms with Gasteiger partial charge in [0.2, 0.25) is 0 Å². The molecule has 0 fully saturated rings. The Hall–Kier alpha value is -1.69. The van der Waals surface area contributed by atoms with Crippen LogP contribution in [0, 0.1) is 11.6 Å². The second-order valence-electron chi connectivity index (χ2n) is 3.10. The van der Waals surface area contributed by atoms with E-state index in [0.717, 1.165) is 12.1 Å². The molecule has 0 aliphatic carbocycles. The van der Waals surface area contributed by atoms with Gasteiger partial charge < -0.3 is 15.5 Å². The molecule has 0 unspecified atom stereocenters. The molecule has 88 valence electrons. The van der Waals surface area contributed by atoms with Gasteiger partial charge in [0.25, 0.3) is 0 Å². The molecule has 3 N–H and O–H groups in total. The number of carboxylic acid groups (broad SMARTS) is 1. The second-order valence-corrected chi connectivity index (χ2v) is 3.10. The minimum Gasteiger partial charge on any atom is -0.478 e. The van der Waals surface area contributed by atoms with Crippen LogP contribution >= 0.6 is 0 Å². The molecule has 0 aliphatic rings. The molecule has 6 heteroatoms. The number of aliphatic hydroxyl groups is 1. The molecule has 0 bridgehead atoms. The molecule has 1 aromatic rings. The molecule has 0 heterocycles. The standard InChI is InChI=1S/C10H11F2NO3/c11-8-6(10(15)16)2-3-7(9(8)12)13-4-1-5-14/h2-3,13-14H,1,4-5H2,(H,15,16). The molecular formula is C10H11F2NO3. The van der Waals surface area contributed by atoms with Crippen LogP contribution < -0.4 is 5.32 Å². The smallest absolute Gasteiger partial charge is 0.338 e. The molecule has 0 spiro atoms. The molecule has 1 rings (SSSR count). The summed E-state index contributed by atoms with van der Waals surface area (Å²) in [4.78, 5) is 10.5. The highest BCUT2D eigenvalue weighted by atomic mass is 19.2. The molecule has 0 aromatic heterocycles. The summed E-state index contributed by atoms with van der Waals surface area (Å²) in [6, 6.07) is 2.14. The molecule has 16 heavy (non-hydrogen) atoms. The van der Waals surface area contributed by atoms with Crippen molar-refractivity contribution in [3.63, 3.8) is 0 Å². The van der Waals surface area contributed by atoms with Crippen LogP contribution in [0.5, 0.6) is 0 Å². The Balaban J connectivity index is 2.89. The van der Waals surface area contributed by atoms with E-state index in [4.69, 9.17) is 10.2 Å². The Labute approximate surface area is 90.5 Å². The van der Waals surface area contributed by atoms with Crippen molar-refractivity contribution >= 4 is 11.7 Å². The van der Waals surface area contributed by atoms with Crippen LogP contribution in [-0.2, 0) is 0 Å². The molecule has 0 aliphatic heterocycles. The topological polar surface area (TPSA) is 69.6 Å². The van der Waals surface area contributed by atoms with E-state index in [1.54, 1.807) is 0 Å². The number of hydrogen-bond acceptors (Lipinski definition) is 3. The van der Waals surface area contributed by atoms with Gasteiger partial charge in [-0.1, -0.05) is 0 Å². The summed E-state index contributed by atoms with van der Waals surface area (Å²) in [7, 11) is 0. The molecule has 1 aromatic carbocycles. The maximum atomic E-state index is 13.3. The molecular weight excluding hydrogens is 220 g/mol. The summed E-state index contributed by atoms with van der Waals surface area (Å²) in [5, 5.41) is 19.6. The maximum absolute atomic E-state index is 13.3. The number of carboxylic acids is 1. The van der Waals surface area contributed by atoms with Crippen LogP contribution in [0.4, 0.5) is 14.5 Å². The highest BCUT2D eigenvalue weighted by Gasteiger charge is 2.17. The number of carbonyl (C=O) groups is 1. The van der Waals surface area contributed by atoms with Crippen molar-refractivity contribution in [2.24, 2.45) is 0 Å². The molecule has 0 saturated carbocycles. The van der Waals surface area contributed by atoms with E-state index in [-0.39, 0.29) is 18.8 Å². The van der Waals surface area contributed by atoms with Crippen molar-refractivity contribution in [2.75, 3.05) is 18.5 Å². The largest absolute Gasteiger partial charge is 0.478 e. The van der Waals surface area contributed by atoms with Crippen molar-refractivity contribution in [3.05, 3.63) is 29.3 Å². The molecule has 0 atom stereocenters. The third-order valence-electron chi connectivity index (χ3n) is 1.96. The zero-order valence-electron chi connectivity index (χ0n) is 8.33. The number of rotatable bonds is 5. The summed E-state index contributed by atoms with van der Waals surface area (Å²) >= 11 is 0. The lowest BCUT2D eigenvalue weighted by Gasteiger charge is -2.08. The first kappa shape index (κ1) is 12.4. The van der Waals surface area contributed by atoms with Gasteiger partial charge in [-0.15, -0.1) is 0 Å². The lowest BCUT2D eigenvalue weighted by molar-refractivity contribution is 0.0690. The Kier molecular flexibility index (Phi) is 4.19. The van der Waals surface area contributed by atoms with E-state index in [9.17, 15) is 13.6 Å². The Bertz CT molecular complexity index is 396.